The summed E-state index contributed by atoms with van der Waals surface area (Å²) >= 11 is 0. The maximum atomic E-state index is 10.5. The lowest BCUT2D eigenvalue weighted by Gasteiger charge is -1.90. The van der Waals surface area contributed by atoms with Crippen LogP contribution >= 0.6 is 0 Å². The van der Waals surface area contributed by atoms with E-state index in [2.05, 4.69) is 5.10 Å². The monoisotopic (exact) mass is 149 g/mol. The number of aromatic nitrogens is 3. The van der Waals surface area contributed by atoms with Gasteiger partial charge in [0.2, 0.25) is 6.41 Å². The van der Waals surface area contributed by atoms with Crippen LogP contribution in [-0.2, 0) is 4.79 Å². The minimum absolute atomic E-state index is 0.784. The van der Waals surface area contributed by atoms with Crippen molar-refractivity contribution in [2.45, 2.75) is 6.92 Å². The van der Waals surface area contributed by atoms with Crippen LogP contribution in [0.25, 0.3) is 5.65 Å². The van der Waals surface area contributed by atoms with E-state index in [-0.39, 0.29) is 0 Å². The number of hydrogen-bond acceptors (Lipinski definition) is 2. The van der Waals surface area contributed by atoms with Gasteiger partial charge in [-0.3, -0.25) is 9.36 Å². The highest BCUT2D eigenvalue weighted by Gasteiger charge is 2.02. The average molecular weight is 149 g/mol. The molecule has 56 valence electrons. The van der Waals surface area contributed by atoms with E-state index in [0.29, 0.717) is 0 Å². The summed E-state index contributed by atoms with van der Waals surface area (Å²) in [7, 11) is 0. The first-order valence-electron chi connectivity index (χ1n) is 3.29. The van der Waals surface area contributed by atoms with Gasteiger partial charge in [0, 0.05) is 11.8 Å². The summed E-state index contributed by atoms with van der Waals surface area (Å²) in [5.41, 5.74) is 1.70. The van der Waals surface area contributed by atoms with E-state index in [0.717, 1.165) is 17.8 Å². The molecule has 2 aromatic rings. The third-order valence-electron chi connectivity index (χ3n) is 1.69. The fraction of sp³-hybridized carbons (Fsp3) is 0.143. The Labute approximate surface area is 63.0 Å². The van der Waals surface area contributed by atoms with E-state index in [1.165, 1.54) is 0 Å². The van der Waals surface area contributed by atoms with Gasteiger partial charge in [-0.15, -0.1) is 0 Å². The minimum atomic E-state index is 0.784. The van der Waals surface area contributed by atoms with Gasteiger partial charge in [-0.25, -0.2) is 4.52 Å². The minimum Gasteiger partial charge on any atom is -0.278 e. The largest absolute Gasteiger partial charge is 0.278 e. The van der Waals surface area contributed by atoms with Gasteiger partial charge in [-0.1, -0.05) is 0 Å². The second-order valence-corrected chi connectivity index (χ2v) is 2.38. The molecule has 0 saturated heterocycles. The Bertz CT molecular complexity index is 399. The topological polar surface area (TPSA) is 39.3 Å². The molecule has 0 radical (unpaired) electrons. The Morgan fingerprint density at radius 2 is 2.45 bits per heavy atom. The predicted octanol–water partition coefficient (Wildman–Crippen LogP) is 0.483. The van der Waals surface area contributed by atoms with Crippen LogP contribution in [0.2, 0.25) is 0 Å². The molecule has 0 amide bonds. The quantitative estimate of drug-likeness (QED) is 0.553. The number of fused-ring (bicyclic) bond motifs is 1. The van der Waals surface area contributed by atoms with Crippen molar-refractivity contribution in [3.8, 4) is 0 Å². The number of carbonyl (C=O) groups excluding carboxylic acids is 1. The van der Waals surface area contributed by atoms with Crippen molar-refractivity contribution < 1.29 is 4.79 Å². The van der Waals surface area contributed by atoms with Gasteiger partial charge in [0.25, 0.3) is 0 Å². The molecule has 0 unspecified atom stereocenters. The Morgan fingerprint density at radius 1 is 1.64 bits per heavy atom. The molecule has 2 rings (SSSR count). The molecule has 2 aromatic heterocycles. The molecule has 0 N–H and O–H groups in total. The van der Waals surface area contributed by atoms with E-state index in [4.69, 9.17) is 0 Å². The predicted molar refractivity (Wildman–Crippen MR) is 40.1 cm³/mol. The van der Waals surface area contributed by atoms with Gasteiger partial charge in [-0.05, 0) is 6.92 Å². The zero-order chi connectivity index (χ0) is 7.84. The van der Waals surface area contributed by atoms with Crippen molar-refractivity contribution in [2.24, 2.45) is 0 Å². The first-order chi connectivity index (χ1) is 5.33. The maximum Gasteiger partial charge on any atom is 0.219 e. The number of rotatable bonds is 1. The number of aryl methyl sites for hydroxylation is 1. The van der Waals surface area contributed by atoms with E-state index in [1.807, 2.05) is 13.1 Å². The summed E-state index contributed by atoms with van der Waals surface area (Å²) in [5.74, 6) is 0. The summed E-state index contributed by atoms with van der Waals surface area (Å²) in [5, 5.41) is 3.99. The zero-order valence-electron chi connectivity index (χ0n) is 6.06. The lowest BCUT2D eigenvalue weighted by molar-refractivity contribution is 0.548. The van der Waals surface area contributed by atoms with Gasteiger partial charge in [0.1, 0.15) is 5.65 Å². The van der Waals surface area contributed by atoms with Crippen molar-refractivity contribution in [2.75, 3.05) is 0 Å². The van der Waals surface area contributed by atoms with Crippen molar-refractivity contribution in [1.29, 1.82) is 0 Å². The van der Waals surface area contributed by atoms with Crippen molar-refractivity contribution >= 4 is 12.1 Å². The highest BCUT2D eigenvalue weighted by molar-refractivity contribution is 5.64. The second kappa shape index (κ2) is 1.95. The zero-order valence-corrected chi connectivity index (χ0v) is 6.06. The molecule has 0 spiro atoms. The normalized spacial score (nSPS) is 10.6. The smallest absolute Gasteiger partial charge is 0.219 e. The molecule has 0 aliphatic rings. The molecule has 0 aliphatic heterocycles. The van der Waals surface area contributed by atoms with Crippen LogP contribution in [-0.4, -0.2) is 20.6 Å². The van der Waals surface area contributed by atoms with Gasteiger partial charge >= 0.3 is 0 Å². The van der Waals surface area contributed by atoms with E-state index in [1.54, 1.807) is 21.3 Å². The molecule has 2 heterocycles. The molecular weight excluding hydrogens is 142 g/mol. The van der Waals surface area contributed by atoms with Crippen LogP contribution in [0.1, 0.15) is 5.69 Å². The molecule has 0 atom stereocenters. The second-order valence-electron chi connectivity index (χ2n) is 2.38. The molecule has 0 aliphatic carbocycles. The highest BCUT2D eigenvalue weighted by Crippen LogP contribution is 2.05. The van der Waals surface area contributed by atoms with Gasteiger partial charge in [0.15, 0.2) is 0 Å². The first kappa shape index (κ1) is 6.15. The Kier molecular flexibility index (Phi) is 1.09. The lowest BCUT2D eigenvalue weighted by atomic mass is 10.5. The maximum absolute atomic E-state index is 10.5. The molecule has 0 bridgehead atoms. The Hall–Kier alpha value is -1.58. The lowest BCUT2D eigenvalue weighted by Crippen LogP contribution is -1.95. The average Bonchev–Trinajstić information content (AvgIpc) is 2.46. The molecular formula is C7H7N3O. The van der Waals surface area contributed by atoms with E-state index < -0.39 is 0 Å². The van der Waals surface area contributed by atoms with Crippen LogP contribution in [0.5, 0.6) is 0 Å². The summed E-state index contributed by atoms with van der Waals surface area (Å²) < 4.78 is 3.22. The Morgan fingerprint density at radius 3 is 3.18 bits per heavy atom. The van der Waals surface area contributed by atoms with E-state index in [9.17, 15) is 4.79 Å². The Balaban J connectivity index is 2.90. The van der Waals surface area contributed by atoms with Crippen LogP contribution in [0.4, 0.5) is 0 Å². The number of imidazole rings is 1. The summed E-state index contributed by atoms with van der Waals surface area (Å²) in [6, 6.07) is 1.79. The van der Waals surface area contributed by atoms with Crippen LogP contribution in [0, 0.1) is 6.92 Å². The number of carbonyl (C=O) groups is 1. The molecule has 0 saturated carbocycles. The molecule has 11 heavy (non-hydrogen) atoms. The van der Waals surface area contributed by atoms with Crippen LogP contribution < -0.4 is 0 Å². The number of nitrogens with zero attached hydrogens (tertiary/aromatic N) is 3. The highest BCUT2D eigenvalue weighted by atomic mass is 16.1. The van der Waals surface area contributed by atoms with Crippen LogP contribution in [0.3, 0.4) is 0 Å². The van der Waals surface area contributed by atoms with Crippen molar-refractivity contribution in [3.63, 3.8) is 0 Å². The number of hydrogen-bond donors (Lipinski definition) is 0. The van der Waals surface area contributed by atoms with Crippen molar-refractivity contribution in [1.82, 2.24) is 14.2 Å². The van der Waals surface area contributed by atoms with E-state index >= 15 is 0 Å². The molecule has 0 aromatic carbocycles. The fourth-order valence-electron chi connectivity index (χ4n) is 1.15. The van der Waals surface area contributed by atoms with Crippen LogP contribution in [0.15, 0.2) is 18.5 Å². The molecule has 4 nitrogen and oxygen atoms in total. The standard InChI is InChI=1S/C7H7N3O/c1-6-4-10-7(2-3-8-10)9(6)5-11/h2-5H,1H3. The van der Waals surface area contributed by atoms with Gasteiger partial charge in [0.05, 0.1) is 12.4 Å². The molecule has 0 fully saturated rings. The SMILES string of the molecule is Cc1cn2nccc2n1C=O. The third kappa shape index (κ3) is 0.690. The van der Waals surface area contributed by atoms with Gasteiger partial charge < -0.3 is 0 Å². The van der Waals surface area contributed by atoms with Crippen molar-refractivity contribution in [3.05, 3.63) is 24.2 Å². The third-order valence-corrected chi connectivity index (χ3v) is 1.69. The molecule has 4 heteroatoms. The first-order valence-corrected chi connectivity index (χ1v) is 3.29. The summed E-state index contributed by atoms with van der Waals surface area (Å²) in [6.07, 6.45) is 4.25. The fourth-order valence-corrected chi connectivity index (χ4v) is 1.15. The van der Waals surface area contributed by atoms with Gasteiger partial charge in [-0.2, -0.15) is 5.10 Å². The summed E-state index contributed by atoms with van der Waals surface area (Å²) in [4.78, 5) is 10.5. The summed E-state index contributed by atoms with van der Waals surface area (Å²) in [6.45, 7) is 1.86.